The number of aliphatic hydroxyl groups excluding tert-OH is 1. The Morgan fingerprint density at radius 1 is 1.29 bits per heavy atom. The van der Waals surface area contributed by atoms with Crippen LogP contribution in [-0.4, -0.2) is 28.7 Å². The van der Waals surface area contributed by atoms with Crippen LogP contribution in [0, 0.1) is 16.0 Å². The number of urea groups is 1. The van der Waals surface area contributed by atoms with Crippen molar-refractivity contribution in [3.8, 4) is 0 Å². The zero-order chi connectivity index (χ0) is 15.2. The van der Waals surface area contributed by atoms with Gasteiger partial charge in [0.25, 0.3) is 5.69 Å². The van der Waals surface area contributed by atoms with E-state index in [-0.39, 0.29) is 30.3 Å². The highest BCUT2D eigenvalue weighted by molar-refractivity contribution is 5.89. The molecule has 1 saturated carbocycles. The number of hydrogen-bond acceptors (Lipinski definition) is 4. The first kappa shape index (κ1) is 15.2. The molecule has 0 saturated heterocycles. The number of nitrogens with zero attached hydrogens (tertiary/aromatic N) is 1. The summed E-state index contributed by atoms with van der Waals surface area (Å²) >= 11 is 0. The Balaban J connectivity index is 1.90. The highest BCUT2D eigenvalue weighted by Crippen LogP contribution is 2.24. The Kier molecular flexibility index (Phi) is 5.10. The Morgan fingerprint density at radius 3 is 2.57 bits per heavy atom. The molecule has 0 heterocycles. The topological polar surface area (TPSA) is 104 Å². The summed E-state index contributed by atoms with van der Waals surface area (Å²) in [6.07, 6.45) is 3.89. The second kappa shape index (κ2) is 7.03. The van der Waals surface area contributed by atoms with E-state index in [1.54, 1.807) is 0 Å². The molecule has 21 heavy (non-hydrogen) atoms. The number of benzene rings is 1. The number of nitro groups is 1. The zero-order valence-electron chi connectivity index (χ0n) is 11.6. The van der Waals surface area contributed by atoms with E-state index in [2.05, 4.69) is 10.6 Å². The van der Waals surface area contributed by atoms with Gasteiger partial charge in [-0.3, -0.25) is 10.1 Å². The fourth-order valence-electron chi connectivity index (χ4n) is 2.62. The standard InChI is InChI=1S/C14H19N3O4/c18-9-10-3-1-2-4-13(10)16-14(19)15-11-5-7-12(8-6-11)17(20)21/h5-8,10,13,18H,1-4,9H2,(H2,15,16,19)/t10-,13+/m0/s1. The third-order valence-electron chi connectivity index (χ3n) is 3.80. The minimum absolute atomic E-state index is 0.0198. The van der Waals surface area contributed by atoms with Crippen LogP contribution in [0.5, 0.6) is 0 Å². The molecule has 3 N–H and O–H groups in total. The van der Waals surface area contributed by atoms with Gasteiger partial charge in [0.05, 0.1) is 4.92 Å². The van der Waals surface area contributed by atoms with Crippen LogP contribution in [0.15, 0.2) is 24.3 Å². The van der Waals surface area contributed by atoms with Crippen LogP contribution in [0.3, 0.4) is 0 Å². The molecule has 7 heteroatoms. The van der Waals surface area contributed by atoms with Crippen molar-refractivity contribution in [1.29, 1.82) is 0 Å². The summed E-state index contributed by atoms with van der Waals surface area (Å²) in [6, 6.07) is 5.28. The number of carbonyl (C=O) groups excluding carboxylic acids is 1. The minimum atomic E-state index is -0.488. The summed E-state index contributed by atoms with van der Waals surface area (Å²) in [5.41, 5.74) is 0.475. The molecule has 0 radical (unpaired) electrons. The van der Waals surface area contributed by atoms with Crippen LogP contribution in [-0.2, 0) is 0 Å². The number of aliphatic hydroxyl groups is 1. The Morgan fingerprint density at radius 2 is 1.95 bits per heavy atom. The predicted octanol–water partition coefficient (Wildman–Crippen LogP) is 2.27. The van der Waals surface area contributed by atoms with E-state index in [1.807, 2.05) is 0 Å². The van der Waals surface area contributed by atoms with E-state index in [4.69, 9.17) is 0 Å². The SMILES string of the molecule is O=C(Nc1ccc([N+](=O)[O-])cc1)N[C@@H]1CCCC[C@H]1CO. The number of rotatable bonds is 4. The van der Waals surface area contributed by atoms with Gasteiger partial charge in [-0.2, -0.15) is 0 Å². The molecule has 0 aromatic heterocycles. The molecular formula is C14H19N3O4. The summed E-state index contributed by atoms with van der Waals surface area (Å²) in [6.45, 7) is 0.0719. The van der Waals surface area contributed by atoms with E-state index in [1.165, 1.54) is 24.3 Å². The number of non-ortho nitro benzene ring substituents is 1. The maximum absolute atomic E-state index is 11.9. The molecule has 1 fully saturated rings. The lowest BCUT2D eigenvalue weighted by atomic mass is 9.85. The van der Waals surface area contributed by atoms with Crippen LogP contribution in [0.1, 0.15) is 25.7 Å². The van der Waals surface area contributed by atoms with Crippen molar-refractivity contribution in [2.24, 2.45) is 5.92 Å². The second-order valence-electron chi connectivity index (χ2n) is 5.24. The Bertz CT molecular complexity index is 503. The van der Waals surface area contributed by atoms with Gasteiger partial charge < -0.3 is 15.7 Å². The van der Waals surface area contributed by atoms with Crippen molar-refractivity contribution in [2.75, 3.05) is 11.9 Å². The molecule has 2 amide bonds. The highest BCUT2D eigenvalue weighted by Gasteiger charge is 2.25. The lowest BCUT2D eigenvalue weighted by molar-refractivity contribution is -0.384. The zero-order valence-corrected chi connectivity index (χ0v) is 11.6. The molecule has 114 valence electrons. The molecule has 0 aliphatic heterocycles. The largest absolute Gasteiger partial charge is 0.396 e. The van der Waals surface area contributed by atoms with E-state index in [0.29, 0.717) is 5.69 Å². The van der Waals surface area contributed by atoms with Gasteiger partial charge in [-0.1, -0.05) is 12.8 Å². The van der Waals surface area contributed by atoms with Gasteiger partial charge in [-0.15, -0.1) is 0 Å². The van der Waals surface area contributed by atoms with Crippen LogP contribution >= 0.6 is 0 Å². The third kappa shape index (κ3) is 4.16. The number of nitro benzene ring substituents is 1. The molecule has 2 rings (SSSR count). The minimum Gasteiger partial charge on any atom is -0.396 e. The normalized spacial score (nSPS) is 21.6. The van der Waals surface area contributed by atoms with Gasteiger partial charge in [0.15, 0.2) is 0 Å². The van der Waals surface area contributed by atoms with Gasteiger partial charge in [-0.25, -0.2) is 4.79 Å². The lowest BCUT2D eigenvalue weighted by Gasteiger charge is -2.30. The van der Waals surface area contributed by atoms with Crippen molar-refractivity contribution < 1.29 is 14.8 Å². The molecule has 2 atom stereocenters. The molecule has 1 aliphatic carbocycles. The fourth-order valence-corrected chi connectivity index (χ4v) is 2.62. The molecular weight excluding hydrogens is 274 g/mol. The fraction of sp³-hybridized carbons (Fsp3) is 0.500. The quantitative estimate of drug-likeness (QED) is 0.585. The molecule has 0 bridgehead atoms. The number of hydrogen-bond donors (Lipinski definition) is 3. The maximum atomic E-state index is 11.9. The highest BCUT2D eigenvalue weighted by atomic mass is 16.6. The van der Waals surface area contributed by atoms with Crippen LogP contribution in [0.2, 0.25) is 0 Å². The van der Waals surface area contributed by atoms with Crippen molar-refractivity contribution >= 4 is 17.4 Å². The third-order valence-corrected chi connectivity index (χ3v) is 3.80. The van der Waals surface area contributed by atoms with Crippen molar-refractivity contribution in [1.82, 2.24) is 5.32 Å². The van der Waals surface area contributed by atoms with Crippen molar-refractivity contribution in [3.63, 3.8) is 0 Å². The summed E-state index contributed by atoms with van der Waals surface area (Å²) in [5, 5.41) is 25.4. The van der Waals surface area contributed by atoms with E-state index in [0.717, 1.165) is 25.7 Å². The molecule has 1 aromatic carbocycles. The van der Waals surface area contributed by atoms with Gasteiger partial charge in [0, 0.05) is 36.4 Å². The first-order valence-corrected chi connectivity index (χ1v) is 7.03. The predicted molar refractivity (Wildman–Crippen MR) is 78.1 cm³/mol. The van der Waals surface area contributed by atoms with Gasteiger partial charge in [0.2, 0.25) is 0 Å². The maximum Gasteiger partial charge on any atom is 0.319 e. The Labute approximate surface area is 122 Å². The van der Waals surface area contributed by atoms with Gasteiger partial charge >= 0.3 is 6.03 Å². The lowest BCUT2D eigenvalue weighted by Crippen LogP contribution is -2.45. The van der Waals surface area contributed by atoms with E-state index in [9.17, 15) is 20.0 Å². The molecule has 1 aromatic rings. The van der Waals surface area contributed by atoms with Crippen LogP contribution < -0.4 is 10.6 Å². The van der Waals surface area contributed by atoms with Gasteiger partial charge in [0.1, 0.15) is 0 Å². The molecule has 7 nitrogen and oxygen atoms in total. The number of carbonyl (C=O) groups is 1. The molecule has 0 unspecified atom stereocenters. The van der Waals surface area contributed by atoms with Gasteiger partial charge in [-0.05, 0) is 25.0 Å². The van der Waals surface area contributed by atoms with Crippen LogP contribution in [0.25, 0.3) is 0 Å². The number of nitrogens with one attached hydrogen (secondary N) is 2. The Hall–Kier alpha value is -2.15. The molecule has 0 spiro atoms. The second-order valence-corrected chi connectivity index (χ2v) is 5.24. The van der Waals surface area contributed by atoms with Crippen molar-refractivity contribution in [3.05, 3.63) is 34.4 Å². The summed E-state index contributed by atoms with van der Waals surface area (Å²) in [4.78, 5) is 22.0. The average molecular weight is 293 g/mol. The average Bonchev–Trinajstić information content (AvgIpc) is 2.48. The number of anilines is 1. The summed E-state index contributed by atoms with van der Waals surface area (Å²) < 4.78 is 0. The summed E-state index contributed by atoms with van der Waals surface area (Å²) in [5.74, 6) is 0.0985. The smallest absolute Gasteiger partial charge is 0.319 e. The summed E-state index contributed by atoms with van der Waals surface area (Å²) in [7, 11) is 0. The van der Waals surface area contributed by atoms with E-state index >= 15 is 0 Å². The number of amides is 2. The first-order valence-electron chi connectivity index (χ1n) is 7.03. The monoisotopic (exact) mass is 293 g/mol. The van der Waals surface area contributed by atoms with Crippen molar-refractivity contribution in [2.45, 2.75) is 31.7 Å². The van der Waals surface area contributed by atoms with E-state index < -0.39 is 4.92 Å². The molecule has 1 aliphatic rings. The van der Waals surface area contributed by atoms with Crippen LogP contribution in [0.4, 0.5) is 16.2 Å². The first-order chi connectivity index (χ1) is 10.1.